The molecule has 1 aromatic rings. The topological polar surface area (TPSA) is 29.9 Å². The van der Waals surface area contributed by atoms with Crippen molar-refractivity contribution >= 4 is 0 Å². The quantitative estimate of drug-likeness (QED) is 0.890. The standard InChI is InChI=1S/C15H27N3/c1-14(2,3)18-11-12(10-17-18)9-16-13-7-6-8-15(13,4)5/h10-11,13,16H,6-9H2,1-5H3. The van der Waals surface area contributed by atoms with Gasteiger partial charge in [0.05, 0.1) is 11.7 Å². The fraction of sp³-hybridized carbons (Fsp3) is 0.800. The molecule has 1 N–H and O–H groups in total. The maximum atomic E-state index is 4.45. The maximum Gasteiger partial charge on any atom is 0.0543 e. The van der Waals surface area contributed by atoms with E-state index in [1.807, 2.05) is 10.9 Å². The Hall–Kier alpha value is -0.830. The van der Waals surface area contributed by atoms with Gasteiger partial charge in [-0.2, -0.15) is 5.10 Å². The zero-order chi connectivity index (χ0) is 13.4. The number of rotatable bonds is 3. The van der Waals surface area contributed by atoms with Crippen molar-refractivity contribution in [3.8, 4) is 0 Å². The van der Waals surface area contributed by atoms with Gasteiger partial charge in [-0.15, -0.1) is 0 Å². The summed E-state index contributed by atoms with van der Waals surface area (Å²) in [4.78, 5) is 0. The molecule has 3 nitrogen and oxygen atoms in total. The van der Waals surface area contributed by atoms with E-state index in [2.05, 4.69) is 51.2 Å². The van der Waals surface area contributed by atoms with Crippen LogP contribution in [0.15, 0.2) is 12.4 Å². The minimum absolute atomic E-state index is 0.0743. The van der Waals surface area contributed by atoms with E-state index in [4.69, 9.17) is 0 Å². The van der Waals surface area contributed by atoms with E-state index < -0.39 is 0 Å². The van der Waals surface area contributed by atoms with Crippen LogP contribution in [0, 0.1) is 5.41 Å². The molecule has 2 rings (SSSR count). The second-order valence-corrected chi connectivity index (χ2v) is 7.28. The fourth-order valence-corrected chi connectivity index (χ4v) is 2.76. The summed E-state index contributed by atoms with van der Waals surface area (Å²) < 4.78 is 2.05. The maximum absolute atomic E-state index is 4.45. The molecule has 1 heterocycles. The van der Waals surface area contributed by atoms with Gasteiger partial charge in [0.2, 0.25) is 0 Å². The summed E-state index contributed by atoms with van der Waals surface area (Å²) in [6.07, 6.45) is 8.15. The predicted molar refractivity (Wildman–Crippen MR) is 75.5 cm³/mol. The zero-order valence-electron chi connectivity index (χ0n) is 12.5. The van der Waals surface area contributed by atoms with Crippen LogP contribution in [0.1, 0.15) is 59.4 Å². The highest BCUT2D eigenvalue weighted by atomic mass is 15.3. The summed E-state index contributed by atoms with van der Waals surface area (Å²) in [5, 5.41) is 8.15. The summed E-state index contributed by atoms with van der Waals surface area (Å²) in [5.74, 6) is 0. The van der Waals surface area contributed by atoms with Gasteiger partial charge in [0.1, 0.15) is 0 Å². The van der Waals surface area contributed by atoms with E-state index in [1.54, 1.807) is 0 Å². The van der Waals surface area contributed by atoms with E-state index in [0.717, 1.165) is 6.54 Å². The van der Waals surface area contributed by atoms with Crippen LogP contribution in [0.3, 0.4) is 0 Å². The van der Waals surface area contributed by atoms with Crippen LogP contribution in [-0.2, 0) is 12.1 Å². The number of hydrogen-bond donors (Lipinski definition) is 1. The molecule has 1 atom stereocenters. The Bertz CT molecular complexity index is 398. The predicted octanol–water partition coefficient (Wildman–Crippen LogP) is 3.31. The van der Waals surface area contributed by atoms with Gasteiger partial charge in [-0.1, -0.05) is 20.3 Å². The molecular formula is C15H27N3. The third-order valence-corrected chi connectivity index (χ3v) is 4.13. The van der Waals surface area contributed by atoms with Gasteiger partial charge in [0, 0.05) is 24.3 Å². The number of nitrogens with zero attached hydrogens (tertiary/aromatic N) is 2. The van der Waals surface area contributed by atoms with E-state index >= 15 is 0 Å². The molecule has 0 spiro atoms. The van der Waals surface area contributed by atoms with Crippen molar-refractivity contribution in [2.45, 2.75) is 72.0 Å². The molecule has 1 unspecified atom stereocenters. The number of hydrogen-bond acceptors (Lipinski definition) is 2. The highest BCUT2D eigenvalue weighted by molar-refractivity contribution is 5.06. The first-order chi connectivity index (χ1) is 8.29. The molecule has 1 aliphatic rings. The lowest BCUT2D eigenvalue weighted by Crippen LogP contribution is -2.37. The van der Waals surface area contributed by atoms with Crippen molar-refractivity contribution in [1.82, 2.24) is 15.1 Å². The van der Waals surface area contributed by atoms with Crippen LogP contribution in [0.2, 0.25) is 0 Å². The van der Waals surface area contributed by atoms with Crippen molar-refractivity contribution in [3.05, 3.63) is 18.0 Å². The second-order valence-electron chi connectivity index (χ2n) is 7.28. The van der Waals surface area contributed by atoms with Gasteiger partial charge in [-0.3, -0.25) is 4.68 Å². The molecule has 0 amide bonds. The highest BCUT2D eigenvalue weighted by Gasteiger charge is 2.33. The first-order valence-electron chi connectivity index (χ1n) is 7.06. The molecule has 1 fully saturated rings. The van der Waals surface area contributed by atoms with E-state index in [9.17, 15) is 0 Å². The van der Waals surface area contributed by atoms with Crippen LogP contribution in [0.5, 0.6) is 0 Å². The monoisotopic (exact) mass is 249 g/mol. The van der Waals surface area contributed by atoms with Crippen LogP contribution < -0.4 is 5.32 Å². The molecule has 1 aromatic heterocycles. The van der Waals surface area contributed by atoms with Crippen molar-refractivity contribution < 1.29 is 0 Å². The molecule has 102 valence electrons. The Labute approximate surface area is 111 Å². The lowest BCUT2D eigenvalue weighted by atomic mass is 9.87. The zero-order valence-corrected chi connectivity index (χ0v) is 12.5. The molecule has 1 saturated carbocycles. The average molecular weight is 249 g/mol. The van der Waals surface area contributed by atoms with Gasteiger partial charge < -0.3 is 5.32 Å². The average Bonchev–Trinajstić information content (AvgIpc) is 2.80. The third kappa shape index (κ3) is 2.94. The van der Waals surface area contributed by atoms with Gasteiger partial charge >= 0.3 is 0 Å². The van der Waals surface area contributed by atoms with Crippen molar-refractivity contribution in [3.63, 3.8) is 0 Å². The van der Waals surface area contributed by atoms with Gasteiger partial charge in [-0.05, 0) is 39.0 Å². The third-order valence-electron chi connectivity index (χ3n) is 4.13. The summed E-state index contributed by atoms with van der Waals surface area (Å²) >= 11 is 0. The number of aromatic nitrogens is 2. The summed E-state index contributed by atoms with van der Waals surface area (Å²) in [7, 11) is 0. The van der Waals surface area contributed by atoms with Gasteiger partial charge in [0.15, 0.2) is 0 Å². The fourth-order valence-electron chi connectivity index (χ4n) is 2.76. The summed E-state index contributed by atoms with van der Waals surface area (Å²) in [6, 6.07) is 0.649. The van der Waals surface area contributed by atoms with E-state index in [1.165, 1.54) is 24.8 Å². The lowest BCUT2D eigenvalue weighted by Gasteiger charge is -2.27. The molecule has 3 heteroatoms. The van der Waals surface area contributed by atoms with Gasteiger partial charge in [0.25, 0.3) is 0 Å². The van der Waals surface area contributed by atoms with Crippen molar-refractivity contribution in [2.75, 3.05) is 0 Å². The van der Waals surface area contributed by atoms with Crippen LogP contribution in [-0.4, -0.2) is 15.8 Å². The second kappa shape index (κ2) is 4.69. The van der Waals surface area contributed by atoms with E-state index in [-0.39, 0.29) is 5.54 Å². The minimum atomic E-state index is 0.0743. The Morgan fingerprint density at radius 2 is 2.17 bits per heavy atom. The van der Waals surface area contributed by atoms with Crippen LogP contribution >= 0.6 is 0 Å². The smallest absolute Gasteiger partial charge is 0.0543 e. The largest absolute Gasteiger partial charge is 0.309 e. The highest BCUT2D eigenvalue weighted by Crippen LogP contribution is 2.37. The van der Waals surface area contributed by atoms with Crippen molar-refractivity contribution in [1.29, 1.82) is 0 Å². The Kier molecular flexibility index (Phi) is 3.54. The van der Waals surface area contributed by atoms with E-state index in [0.29, 0.717) is 11.5 Å². The molecule has 0 radical (unpaired) electrons. The van der Waals surface area contributed by atoms with Gasteiger partial charge in [-0.25, -0.2) is 0 Å². The Morgan fingerprint density at radius 3 is 2.67 bits per heavy atom. The summed E-state index contributed by atoms with van der Waals surface area (Å²) in [5.41, 5.74) is 1.80. The van der Waals surface area contributed by atoms with Crippen LogP contribution in [0.4, 0.5) is 0 Å². The molecule has 0 aliphatic heterocycles. The molecule has 0 saturated heterocycles. The summed E-state index contributed by atoms with van der Waals surface area (Å²) in [6.45, 7) is 12.2. The molecule has 0 aromatic carbocycles. The molecule has 1 aliphatic carbocycles. The van der Waals surface area contributed by atoms with Crippen molar-refractivity contribution in [2.24, 2.45) is 5.41 Å². The first-order valence-corrected chi connectivity index (χ1v) is 7.06. The molecular weight excluding hydrogens is 222 g/mol. The first kappa shape index (κ1) is 13.6. The SMILES string of the molecule is CC1(C)CCCC1NCc1cnn(C(C)(C)C)c1. The lowest BCUT2D eigenvalue weighted by molar-refractivity contribution is 0.282. The minimum Gasteiger partial charge on any atom is -0.309 e. The molecule has 18 heavy (non-hydrogen) atoms. The molecule has 0 bridgehead atoms. The normalized spacial score (nSPS) is 23.5. The Balaban J connectivity index is 1.93. The number of nitrogens with one attached hydrogen (secondary N) is 1. The Morgan fingerprint density at radius 1 is 1.44 bits per heavy atom. The van der Waals surface area contributed by atoms with Crippen LogP contribution in [0.25, 0.3) is 0 Å².